The summed E-state index contributed by atoms with van der Waals surface area (Å²) in [6.07, 6.45) is 4.30. The fourth-order valence-electron chi connectivity index (χ4n) is 4.06. The molecule has 2 heterocycles. The van der Waals surface area contributed by atoms with E-state index in [9.17, 15) is 4.79 Å². The Hall–Kier alpha value is -2.14. The Kier molecular flexibility index (Phi) is 4.34. The Morgan fingerprint density at radius 3 is 2.76 bits per heavy atom. The van der Waals surface area contributed by atoms with Gasteiger partial charge >= 0.3 is 0 Å². The van der Waals surface area contributed by atoms with E-state index in [0.29, 0.717) is 13.2 Å². The van der Waals surface area contributed by atoms with Gasteiger partial charge in [0.1, 0.15) is 5.69 Å². The minimum absolute atomic E-state index is 0.0426. The van der Waals surface area contributed by atoms with Crippen molar-refractivity contribution in [1.82, 2.24) is 14.7 Å². The molecule has 1 aliphatic heterocycles. The monoisotopic (exact) mass is 339 g/mol. The maximum Gasteiger partial charge on any atom is 0.273 e. The minimum Gasteiger partial charge on any atom is -0.374 e. The molecule has 0 saturated carbocycles. The lowest BCUT2D eigenvalue weighted by molar-refractivity contribution is -0.0451. The molecule has 1 amide bonds. The second kappa shape index (κ2) is 6.64. The summed E-state index contributed by atoms with van der Waals surface area (Å²) in [6.45, 7) is 3.18. The lowest BCUT2D eigenvalue weighted by Gasteiger charge is -2.39. The van der Waals surface area contributed by atoms with E-state index in [0.717, 1.165) is 41.8 Å². The highest BCUT2D eigenvalue weighted by Gasteiger charge is 2.35. The third-order valence-corrected chi connectivity index (χ3v) is 5.34. The number of benzene rings is 1. The van der Waals surface area contributed by atoms with Gasteiger partial charge in [0.05, 0.1) is 24.4 Å². The zero-order valence-corrected chi connectivity index (χ0v) is 14.9. The first-order chi connectivity index (χ1) is 12.1. The summed E-state index contributed by atoms with van der Waals surface area (Å²) in [5.41, 5.74) is 4.16. The van der Waals surface area contributed by atoms with E-state index in [1.807, 2.05) is 37.1 Å². The van der Waals surface area contributed by atoms with E-state index >= 15 is 0 Å². The van der Waals surface area contributed by atoms with Gasteiger partial charge in [-0.15, -0.1) is 0 Å². The van der Waals surface area contributed by atoms with Crippen LogP contribution in [0.15, 0.2) is 30.3 Å². The summed E-state index contributed by atoms with van der Waals surface area (Å²) in [4.78, 5) is 15.5. The lowest BCUT2D eigenvalue weighted by atomic mass is 9.95. The molecule has 0 N–H and O–H groups in total. The van der Waals surface area contributed by atoms with Crippen LogP contribution in [0.2, 0.25) is 0 Å². The molecule has 0 spiro atoms. The highest BCUT2D eigenvalue weighted by Crippen LogP contribution is 2.30. The van der Waals surface area contributed by atoms with E-state index in [1.165, 1.54) is 6.42 Å². The summed E-state index contributed by atoms with van der Waals surface area (Å²) in [6, 6.07) is 10.1. The molecule has 2 unspecified atom stereocenters. The number of ether oxygens (including phenoxy) is 1. The molecule has 5 heteroatoms. The normalized spacial score (nSPS) is 23.4. The SMILES string of the molecule is CC1CN(C(=O)c2c3c(nn2C)CCCC3)C(c2ccccc2)CO1. The van der Waals surface area contributed by atoms with Crippen molar-refractivity contribution in [3.8, 4) is 0 Å². The third kappa shape index (κ3) is 2.97. The third-order valence-electron chi connectivity index (χ3n) is 5.34. The van der Waals surface area contributed by atoms with Gasteiger partial charge in [0, 0.05) is 19.2 Å². The van der Waals surface area contributed by atoms with Gasteiger partial charge < -0.3 is 9.64 Å². The number of amides is 1. The van der Waals surface area contributed by atoms with E-state index in [1.54, 1.807) is 4.68 Å². The summed E-state index contributed by atoms with van der Waals surface area (Å²) in [5.74, 6) is 0.0853. The van der Waals surface area contributed by atoms with Gasteiger partial charge in [-0.05, 0) is 38.2 Å². The van der Waals surface area contributed by atoms with Crippen molar-refractivity contribution in [1.29, 1.82) is 0 Å². The second-order valence-corrected chi connectivity index (χ2v) is 7.13. The van der Waals surface area contributed by atoms with Gasteiger partial charge in [-0.25, -0.2) is 0 Å². The number of rotatable bonds is 2. The highest BCUT2D eigenvalue weighted by atomic mass is 16.5. The smallest absolute Gasteiger partial charge is 0.273 e. The van der Waals surface area contributed by atoms with Crippen molar-refractivity contribution in [2.24, 2.45) is 7.05 Å². The van der Waals surface area contributed by atoms with Crippen LogP contribution >= 0.6 is 0 Å². The predicted molar refractivity (Wildman–Crippen MR) is 95.5 cm³/mol. The predicted octanol–water partition coefficient (Wildman–Crippen LogP) is 2.90. The molecule has 1 aliphatic carbocycles. The molecule has 1 saturated heterocycles. The quantitative estimate of drug-likeness (QED) is 0.845. The largest absolute Gasteiger partial charge is 0.374 e. The Balaban J connectivity index is 1.70. The molecule has 2 atom stereocenters. The Bertz CT molecular complexity index is 769. The molecule has 0 radical (unpaired) electrons. The topological polar surface area (TPSA) is 47.4 Å². The zero-order chi connectivity index (χ0) is 17.4. The number of carbonyl (C=O) groups is 1. The molecule has 1 aromatic heterocycles. The fraction of sp³-hybridized carbons (Fsp3) is 0.500. The van der Waals surface area contributed by atoms with Crippen LogP contribution in [-0.2, 0) is 24.6 Å². The first kappa shape index (κ1) is 16.3. The van der Waals surface area contributed by atoms with Crippen LogP contribution in [0.5, 0.6) is 0 Å². The van der Waals surface area contributed by atoms with Gasteiger partial charge in [-0.3, -0.25) is 9.48 Å². The minimum atomic E-state index is -0.0426. The van der Waals surface area contributed by atoms with Crippen LogP contribution in [0.4, 0.5) is 0 Å². The van der Waals surface area contributed by atoms with Crippen molar-refractivity contribution >= 4 is 5.91 Å². The van der Waals surface area contributed by atoms with Crippen LogP contribution < -0.4 is 0 Å². The van der Waals surface area contributed by atoms with E-state index < -0.39 is 0 Å². The van der Waals surface area contributed by atoms with Crippen molar-refractivity contribution in [3.05, 3.63) is 52.8 Å². The number of morpholine rings is 1. The fourth-order valence-corrected chi connectivity index (χ4v) is 4.06. The van der Waals surface area contributed by atoms with E-state index in [-0.39, 0.29) is 18.1 Å². The highest BCUT2D eigenvalue weighted by molar-refractivity contribution is 5.94. The Morgan fingerprint density at radius 2 is 1.96 bits per heavy atom. The summed E-state index contributed by atoms with van der Waals surface area (Å²) in [7, 11) is 1.90. The standard InChI is InChI=1S/C20H25N3O2/c1-14-12-23(18(13-25-14)15-8-4-3-5-9-15)20(24)19-16-10-6-7-11-17(16)21-22(19)2/h3-5,8-9,14,18H,6-7,10-13H2,1-2H3. The van der Waals surface area contributed by atoms with Gasteiger partial charge in [0.15, 0.2) is 0 Å². The average molecular weight is 339 g/mol. The van der Waals surface area contributed by atoms with Crippen LogP contribution in [0.25, 0.3) is 0 Å². The molecule has 5 nitrogen and oxygen atoms in total. The van der Waals surface area contributed by atoms with Crippen molar-refractivity contribution in [2.45, 2.75) is 44.8 Å². The maximum absolute atomic E-state index is 13.5. The lowest BCUT2D eigenvalue weighted by Crippen LogP contribution is -2.47. The molecule has 0 bridgehead atoms. The number of hydrogen-bond donors (Lipinski definition) is 0. The van der Waals surface area contributed by atoms with Crippen LogP contribution in [0, 0.1) is 0 Å². The number of hydrogen-bond acceptors (Lipinski definition) is 3. The molecular weight excluding hydrogens is 314 g/mol. The summed E-state index contributed by atoms with van der Waals surface area (Å²) < 4.78 is 7.66. The van der Waals surface area contributed by atoms with Crippen molar-refractivity contribution in [2.75, 3.05) is 13.2 Å². The number of nitrogens with zero attached hydrogens (tertiary/aromatic N) is 3. The van der Waals surface area contributed by atoms with Crippen molar-refractivity contribution in [3.63, 3.8) is 0 Å². The van der Waals surface area contributed by atoms with Gasteiger partial charge in [-0.1, -0.05) is 30.3 Å². The van der Waals surface area contributed by atoms with Crippen molar-refractivity contribution < 1.29 is 9.53 Å². The number of aromatic nitrogens is 2. The molecule has 2 aromatic rings. The van der Waals surface area contributed by atoms with Crippen LogP contribution in [0.1, 0.15) is 53.1 Å². The van der Waals surface area contributed by atoms with Gasteiger partial charge in [-0.2, -0.15) is 5.10 Å². The number of carbonyl (C=O) groups excluding carboxylic acids is 1. The average Bonchev–Trinajstić information content (AvgIpc) is 2.97. The molecule has 1 fully saturated rings. The summed E-state index contributed by atoms with van der Waals surface area (Å²) in [5, 5.41) is 4.62. The molecule has 1 aromatic carbocycles. The molecule has 2 aliphatic rings. The van der Waals surface area contributed by atoms with Gasteiger partial charge in [0.25, 0.3) is 5.91 Å². The summed E-state index contributed by atoms with van der Waals surface area (Å²) >= 11 is 0. The molecule has 25 heavy (non-hydrogen) atoms. The van der Waals surface area contributed by atoms with Crippen LogP contribution in [-0.4, -0.2) is 39.8 Å². The molecule has 132 valence electrons. The number of fused-ring (bicyclic) bond motifs is 1. The number of aryl methyl sites for hydroxylation is 2. The second-order valence-electron chi connectivity index (χ2n) is 7.13. The van der Waals surface area contributed by atoms with E-state index in [2.05, 4.69) is 17.2 Å². The first-order valence-electron chi connectivity index (χ1n) is 9.17. The van der Waals surface area contributed by atoms with Gasteiger partial charge in [0.2, 0.25) is 0 Å². The van der Waals surface area contributed by atoms with E-state index in [4.69, 9.17) is 4.74 Å². The maximum atomic E-state index is 13.5. The Morgan fingerprint density at radius 1 is 1.20 bits per heavy atom. The Labute approximate surface area is 148 Å². The van der Waals surface area contributed by atoms with Crippen LogP contribution in [0.3, 0.4) is 0 Å². The molecule has 4 rings (SSSR count). The first-order valence-corrected chi connectivity index (χ1v) is 9.17. The molecular formula is C20H25N3O2. The zero-order valence-electron chi connectivity index (χ0n) is 14.9.